The maximum atomic E-state index is 12.0. The second kappa shape index (κ2) is 6.52. The van der Waals surface area contributed by atoms with Crippen molar-refractivity contribution in [2.24, 2.45) is 0 Å². The molecule has 0 saturated heterocycles. The van der Waals surface area contributed by atoms with Crippen LogP contribution < -0.4 is 5.32 Å². The first kappa shape index (κ1) is 15.7. The maximum absolute atomic E-state index is 12.0. The largest absolute Gasteiger partial charge is 0.508 e. The Morgan fingerprint density at radius 3 is 2.96 bits per heavy atom. The zero-order chi connectivity index (χ0) is 16.4. The number of phenols is 1. The standard InChI is InChI=1S/C16H13ClN2O3S/c1-9-6-11(3-4-13(9)20)18-15(21)8-23-16-19-12-7-10(17)2-5-14(12)22-16/h2-7,20H,8H2,1H3,(H,18,21). The molecule has 0 unspecified atom stereocenters. The van der Waals surface area contributed by atoms with E-state index < -0.39 is 0 Å². The molecule has 1 amide bonds. The summed E-state index contributed by atoms with van der Waals surface area (Å²) in [6, 6.07) is 10.1. The van der Waals surface area contributed by atoms with E-state index in [1.807, 2.05) is 0 Å². The van der Waals surface area contributed by atoms with E-state index in [1.54, 1.807) is 43.3 Å². The van der Waals surface area contributed by atoms with Gasteiger partial charge in [-0.1, -0.05) is 23.4 Å². The van der Waals surface area contributed by atoms with E-state index in [2.05, 4.69) is 10.3 Å². The van der Waals surface area contributed by atoms with Crippen LogP contribution in [-0.2, 0) is 4.79 Å². The molecule has 0 atom stereocenters. The van der Waals surface area contributed by atoms with E-state index in [0.29, 0.717) is 32.6 Å². The van der Waals surface area contributed by atoms with Crippen LogP contribution in [0.5, 0.6) is 5.75 Å². The quantitative estimate of drug-likeness (QED) is 0.545. The molecule has 3 aromatic rings. The molecule has 0 aliphatic heterocycles. The Morgan fingerprint density at radius 1 is 1.35 bits per heavy atom. The zero-order valence-electron chi connectivity index (χ0n) is 12.2. The van der Waals surface area contributed by atoms with Crippen molar-refractivity contribution in [2.45, 2.75) is 12.1 Å². The molecule has 0 fully saturated rings. The fraction of sp³-hybridized carbons (Fsp3) is 0.125. The first-order valence-electron chi connectivity index (χ1n) is 6.79. The molecular formula is C16H13ClN2O3S. The zero-order valence-corrected chi connectivity index (χ0v) is 13.7. The van der Waals surface area contributed by atoms with Crippen molar-refractivity contribution in [2.75, 3.05) is 11.1 Å². The number of oxazole rings is 1. The lowest BCUT2D eigenvalue weighted by atomic mass is 10.2. The minimum Gasteiger partial charge on any atom is -0.508 e. The average molecular weight is 349 g/mol. The number of nitrogens with one attached hydrogen (secondary N) is 1. The summed E-state index contributed by atoms with van der Waals surface area (Å²) in [5.41, 5.74) is 2.63. The fourth-order valence-electron chi connectivity index (χ4n) is 2.00. The van der Waals surface area contributed by atoms with Gasteiger partial charge < -0.3 is 14.8 Å². The summed E-state index contributed by atoms with van der Waals surface area (Å²) in [4.78, 5) is 16.2. The van der Waals surface area contributed by atoms with E-state index >= 15 is 0 Å². The van der Waals surface area contributed by atoms with Crippen LogP contribution in [0, 0.1) is 6.92 Å². The van der Waals surface area contributed by atoms with Crippen LogP contribution in [0.4, 0.5) is 5.69 Å². The second-order valence-electron chi connectivity index (χ2n) is 4.93. The number of benzene rings is 2. The molecule has 118 valence electrons. The predicted molar refractivity (Wildman–Crippen MR) is 91.2 cm³/mol. The van der Waals surface area contributed by atoms with Crippen molar-refractivity contribution in [3.63, 3.8) is 0 Å². The Kier molecular flexibility index (Phi) is 4.45. The van der Waals surface area contributed by atoms with Gasteiger partial charge in [-0.25, -0.2) is 4.98 Å². The van der Waals surface area contributed by atoms with Crippen LogP contribution in [0.3, 0.4) is 0 Å². The molecule has 0 aliphatic carbocycles. The molecule has 0 bridgehead atoms. The smallest absolute Gasteiger partial charge is 0.257 e. The van der Waals surface area contributed by atoms with Gasteiger partial charge in [0.25, 0.3) is 5.22 Å². The minimum absolute atomic E-state index is 0.167. The predicted octanol–water partition coefficient (Wildman–Crippen LogP) is 4.23. The number of nitrogens with zero attached hydrogens (tertiary/aromatic N) is 1. The average Bonchev–Trinajstić information content (AvgIpc) is 2.91. The third-order valence-corrected chi connectivity index (χ3v) is 4.20. The number of rotatable bonds is 4. The van der Waals surface area contributed by atoms with Crippen molar-refractivity contribution >= 4 is 46.1 Å². The highest BCUT2D eigenvalue weighted by molar-refractivity contribution is 7.99. The number of thioether (sulfide) groups is 1. The fourth-order valence-corrected chi connectivity index (χ4v) is 2.80. The van der Waals surface area contributed by atoms with Crippen molar-refractivity contribution in [1.82, 2.24) is 4.98 Å². The van der Waals surface area contributed by atoms with Gasteiger partial charge in [0.2, 0.25) is 5.91 Å². The molecule has 0 spiro atoms. The number of fused-ring (bicyclic) bond motifs is 1. The summed E-state index contributed by atoms with van der Waals surface area (Å²) >= 11 is 7.10. The SMILES string of the molecule is Cc1cc(NC(=O)CSc2nc3cc(Cl)ccc3o2)ccc1O. The molecule has 3 rings (SSSR count). The third-order valence-electron chi connectivity index (χ3n) is 3.14. The van der Waals surface area contributed by atoms with Gasteiger partial charge in [-0.05, 0) is 48.9 Å². The van der Waals surface area contributed by atoms with Gasteiger partial charge in [0.15, 0.2) is 5.58 Å². The maximum Gasteiger partial charge on any atom is 0.257 e. The number of phenolic OH excluding ortho intramolecular Hbond substituents is 1. The van der Waals surface area contributed by atoms with E-state index in [0.717, 1.165) is 0 Å². The molecule has 7 heteroatoms. The molecule has 0 radical (unpaired) electrons. The lowest BCUT2D eigenvalue weighted by Gasteiger charge is -2.06. The van der Waals surface area contributed by atoms with Crippen LogP contribution in [0.15, 0.2) is 46.0 Å². The molecule has 2 N–H and O–H groups in total. The Morgan fingerprint density at radius 2 is 2.17 bits per heavy atom. The van der Waals surface area contributed by atoms with Gasteiger partial charge in [0.1, 0.15) is 11.3 Å². The number of aryl methyl sites for hydroxylation is 1. The van der Waals surface area contributed by atoms with Crippen molar-refractivity contribution < 1.29 is 14.3 Å². The molecule has 1 heterocycles. The van der Waals surface area contributed by atoms with Gasteiger partial charge in [-0.2, -0.15) is 0 Å². The molecule has 0 aliphatic rings. The highest BCUT2D eigenvalue weighted by Crippen LogP contribution is 2.26. The summed E-state index contributed by atoms with van der Waals surface area (Å²) in [6.07, 6.45) is 0. The number of halogens is 1. The summed E-state index contributed by atoms with van der Waals surface area (Å²) < 4.78 is 5.54. The number of hydrogen-bond acceptors (Lipinski definition) is 5. The van der Waals surface area contributed by atoms with Gasteiger partial charge in [0, 0.05) is 10.7 Å². The second-order valence-corrected chi connectivity index (χ2v) is 6.29. The first-order valence-corrected chi connectivity index (χ1v) is 8.16. The van der Waals surface area contributed by atoms with Crippen LogP contribution in [-0.4, -0.2) is 21.8 Å². The molecule has 23 heavy (non-hydrogen) atoms. The molecule has 0 saturated carbocycles. The van der Waals surface area contributed by atoms with Crippen LogP contribution in [0.2, 0.25) is 5.02 Å². The molecule has 1 aromatic heterocycles. The van der Waals surface area contributed by atoms with E-state index in [-0.39, 0.29) is 17.4 Å². The lowest BCUT2D eigenvalue weighted by Crippen LogP contribution is -2.14. The summed E-state index contributed by atoms with van der Waals surface area (Å²) in [6.45, 7) is 1.77. The van der Waals surface area contributed by atoms with Crippen molar-refractivity contribution in [3.8, 4) is 5.75 Å². The number of anilines is 1. The Hall–Kier alpha value is -2.18. The topological polar surface area (TPSA) is 75.4 Å². The van der Waals surface area contributed by atoms with E-state index in [4.69, 9.17) is 16.0 Å². The lowest BCUT2D eigenvalue weighted by molar-refractivity contribution is -0.113. The third kappa shape index (κ3) is 3.78. The van der Waals surface area contributed by atoms with Gasteiger partial charge in [0.05, 0.1) is 5.75 Å². The number of hydrogen-bond donors (Lipinski definition) is 2. The highest BCUT2D eigenvalue weighted by atomic mass is 35.5. The Labute approximate surface area is 141 Å². The van der Waals surface area contributed by atoms with Crippen LogP contribution in [0.25, 0.3) is 11.1 Å². The first-order chi connectivity index (χ1) is 11.0. The number of carbonyl (C=O) groups excluding carboxylic acids is 1. The molecule has 2 aromatic carbocycles. The molecule has 5 nitrogen and oxygen atoms in total. The van der Waals surface area contributed by atoms with E-state index in [1.165, 1.54) is 11.8 Å². The van der Waals surface area contributed by atoms with Crippen molar-refractivity contribution in [3.05, 3.63) is 47.0 Å². The molecular weight excluding hydrogens is 336 g/mol. The number of aromatic nitrogens is 1. The Balaban J connectivity index is 1.62. The number of amides is 1. The number of aromatic hydroxyl groups is 1. The monoisotopic (exact) mass is 348 g/mol. The summed E-state index contributed by atoms with van der Waals surface area (Å²) in [7, 11) is 0. The minimum atomic E-state index is -0.180. The van der Waals surface area contributed by atoms with E-state index in [9.17, 15) is 9.90 Å². The normalized spacial score (nSPS) is 10.9. The van der Waals surface area contributed by atoms with Gasteiger partial charge in [-0.15, -0.1) is 0 Å². The van der Waals surface area contributed by atoms with Gasteiger partial charge in [-0.3, -0.25) is 4.79 Å². The number of carbonyl (C=O) groups is 1. The van der Waals surface area contributed by atoms with Crippen molar-refractivity contribution in [1.29, 1.82) is 0 Å². The van der Waals surface area contributed by atoms with Gasteiger partial charge >= 0.3 is 0 Å². The Bertz CT molecular complexity index is 879. The van der Waals surface area contributed by atoms with Crippen LogP contribution in [0.1, 0.15) is 5.56 Å². The summed E-state index contributed by atoms with van der Waals surface area (Å²) in [5.74, 6) is 0.184. The van der Waals surface area contributed by atoms with Crippen LogP contribution >= 0.6 is 23.4 Å². The summed E-state index contributed by atoms with van der Waals surface area (Å²) in [5, 5.41) is 13.2. The highest BCUT2D eigenvalue weighted by Gasteiger charge is 2.10.